The number of hydrogen-bond acceptors (Lipinski definition) is 3. The minimum absolute atomic E-state index is 0.0313. The molecule has 0 spiro atoms. The lowest BCUT2D eigenvalue weighted by atomic mass is 9.94. The third kappa shape index (κ3) is 2.46. The van der Waals surface area contributed by atoms with Crippen molar-refractivity contribution < 1.29 is 8.42 Å². The van der Waals surface area contributed by atoms with E-state index in [1.807, 2.05) is 0 Å². The normalized spacial score (nSPS) is 27.5. The van der Waals surface area contributed by atoms with Gasteiger partial charge in [0.2, 0.25) is 10.0 Å². The summed E-state index contributed by atoms with van der Waals surface area (Å²) in [6.07, 6.45) is 1.97. The average molecular weight is 335 g/mol. The van der Waals surface area contributed by atoms with Crippen LogP contribution in [0.15, 0.2) is 23.1 Å². The maximum absolute atomic E-state index is 12.9. The Kier molecular flexibility index (Phi) is 3.99. The molecule has 0 aliphatic carbocycles. The summed E-state index contributed by atoms with van der Waals surface area (Å²) in [6, 6.07) is 4.60. The Morgan fingerprint density at radius 1 is 1.25 bits per heavy atom. The maximum atomic E-state index is 12.9. The Labute approximate surface area is 129 Å². The van der Waals surface area contributed by atoms with Crippen molar-refractivity contribution >= 4 is 33.2 Å². The van der Waals surface area contributed by atoms with Crippen LogP contribution in [0.1, 0.15) is 12.8 Å². The van der Waals surface area contributed by atoms with Crippen LogP contribution in [0, 0.1) is 5.92 Å². The quantitative estimate of drug-likeness (QED) is 0.903. The number of rotatable bonds is 2. The highest BCUT2D eigenvalue weighted by molar-refractivity contribution is 7.89. The molecule has 0 saturated carbocycles. The Morgan fingerprint density at radius 3 is 2.85 bits per heavy atom. The maximum Gasteiger partial charge on any atom is 0.244 e. The molecule has 0 radical (unpaired) electrons. The number of hydrogen-bond donors (Lipinski definition) is 1. The van der Waals surface area contributed by atoms with Crippen molar-refractivity contribution in [3.05, 3.63) is 28.2 Å². The van der Waals surface area contributed by atoms with Crippen LogP contribution in [-0.2, 0) is 10.0 Å². The zero-order valence-electron chi connectivity index (χ0n) is 10.9. The van der Waals surface area contributed by atoms with Crippen LogP contribution in [0.3, 0.4) is 0 Å². The Morgan fingerprint density at radius 2 is 2.05 bits per heavy atom. The summed E-state index contributed by atoms with van der Waals surface area (Å²) in [6.45, 7) is 2.15. The largest absolute Gasteiger partial charge is 0.315 e. The van der Waals surface area contributed by atoms with E-state index in [1.165, 1.54) is 12.1 Å². The van der Waals surface area contributed by atoms with Gasteiger partial charge >= 0.3 is 0 Å². The van der Waals surface area contributed by atoms with Crippen LogP contribution in [-0.4, -0.2) is 38.4 Å². The lowest BCUT2D eigenvalue weighted by Crippen LogP contribution is -2.48. The highest BCUT2D eigenvalue weighted by atomic mass is 35.5. The molecule has 2 saturated heterocycles. The molecule has 1 aromatic carbocycles. The van der Waals surface area contributed by atoms with Crippen molar-refractivity contribution in [2.24, 2.45) is 5.92 Å². The second-order valence-corrected chi connectivity index (χ2v) is 8.02. The lowest BCUT2D eigenvalue weighted by Gasteiger charge is -2.36. The molecule has 2 aliphatic rings. The van der Waals surface area contributed by atoms with Crippen LogP contribution >= 0.6 is 23.2 Å². The van der Waals surface area contributed by atoms with E-state index in [4.69, 9.17) is 23.2 Å². The summed E-state index contributed by atoms with van der Waals surface area (Å²) in [4.78, 5) is 0.110. The smallest absolute Gasteiger partial charge is 0.244 e. The van der Waals surface area contributed by atoms with Crippen LogP contribution < -0.4 is 5.32 Å². The van der Waals surface area contributed by atoms with Gasteiger partial charge in [-0.2, -0.15) is 4.31 Å². The van der Waals surface area contributed by atoms with E-state index in [1.54, 1.807) is 10.4 Å². The summed E-state index contributed by atoms with van der Waals surface area (Å²) in [5.74, 6) is 0.400. The summed E-state index contributed by atoms with van der Waals surface area (Å²) in [7, 11) is -3.59. The van der Waals surface area contributed by atoms with Gasteiger partial charge in [-0.3, -0.25) is 0 Å². The van der Waals surface area contributed by atoms with Gasteiger partial charge in [0.1, 0.15) is 4.90 Å². The zero-order chi connectivity index (χ0) is 14.3. The molecule has 2 heterocycles. The van der Waals surface area contributed by atoms with Crippen molar-refractivity contribution in [2.45, 2.75) is 23.8 Å². The minimum atomic E-state index is -3.59. The van der Waals surface area contributed by atoms with Gasteiger partial charge in [-0.05, 0) is 43.5 Å². The Balaban J connectivity index is 2.00. The number of sulfonamides is 1. The fraction of sp³-hybridized carbons (Fsp3) is 0.538. The summed E-state index contributed by atoms with van der Waals surface area (Å²) in [5.41, 5.74) is 0. The second kappa shape index (κ2) is 5.46. The third-order valence-electron chi connectivity index (χ3n) is 4.11. The summed E-state index contributed by atoms with van der Waals surface area (Å²) >= 11 is 12.0. The minimum Gasteiger partial charge on any atom is -0.315 e. The third-order valence-corrected chi connectivity index (χ3v) is 6.75. The molecule has 110 valence electrons. The number of fused-ring (bicyclic) bond motifs is 1. The van der Waals surface area contributed by atoms with E-state index >= 15 is 0 Å². The first-order valence-electron chi connectivity index (χ1n) is 6.68. The molecule has 3 rings (SSSR count). The summed E-state index contributed by atoms with van der Waals surface area (Å²) < 4.78 is 27.3. The van der Waals surface area contributed by atoms with Crippen LogP contribution in [0.25, 0.3) is 0 Å². The van der Waals surface area contributed by atoms with Gasteiger partial charge in [0.15, 0.2) is 0 Å². The van der Waals surface area contributed by atoms with Crippen molar-refractivity contribution in [1.29, 1.82) is 0 Å². The first-order valence-corrected chi connectivity index (χ1v) is 8.87. The Hall–Kier alpha value is -0.330. The van der Waals surface area contributed by atoms with E-state index in [-0.39, 0.29) is 16.0 Å². The molecule has 2 fully saturated rings. The predicted octanol–water partition coefficient (Wildman–Crippen LogP) is 2.37. The monoisotopic (exact) mass is 334 g/mol. The predicted molar refractivity (Wildman–Crippen MR) is 79.7 cm³/mol. The molecule has 2 atom stereocenters. The first kappa shape index (κ1) is 14.6. The van der Waals surface area contributed by atoms with Gasteiger partial charge in [0.05, 0.1) is 5.02 Å². The molecule has 7 heteroatoms. The van der Waals surface area contributed by atoms with E-state index in [9.17, 15) is 8.42 Å². The molecule has 1 N–H and O–H groups in total. The fourth-order valence-corrected chi connectivity index (χ4v) is 5.59. The zero-order valence-corrected chi connectivity index (χ0v) is 13.2. The molecule has 0 bridgehead atoms. The lowest BCUT2D eigenvalue weighted by molar-refractivity contribution is 0.217. The van der Waals surface area contributed by atoms with Crippen LogP contribution in [0.2, 0.25) is 10.0 Å². The van der Waals surface area contributed by atoms with Crippen molar-refractivity contribution in [3.63, 3.8) is 0 Å². The van der Waals surface area contributed by atoms with E-state index in [2.05, 4.69) is 5.32 Å². The Bertz CT molecular complexity index is 621. The highest BCUT2D eigenvalue weighted by Crippen LogP contribution is 2.34. The first-order chi connectivity index (χ1) is 9.50. The van der Waals surface area contributed by atoms with E-state index in [0.717, 1.165) is 19.4 Å². The molecular formula is C13H16Cl2N2O2S. The molecular weight excluding hydrogens is 319 g/mol. The molecule has 4 nitrogen and oxygen atoms in total. The van der Waals surface area contributed by atoms with Gasteiger partial charge in [-0.1, -0.05) is 23.2 Å². The van der Waals surface area contributed by atoms with Crippen LogP contribution in [0.5, 0.6) is 0 Å². The SMILES string of the molecule is O=S(=O)(c1cc(Cl)ccc1Cl)N1CCCC2CNCC21. The molecule has 20 heavy (non-hydrogen) atoms. The second-order valence-electron chi connectivity index (χ2n) is 5.32. The van der Waals surface area contributed by atoms with Gasteiger partial charge in [0.25, 0.3) is 0 Å². The van der Waals surface area contributed by atoms with Gasteiger partial charge in [0, 0.05) is 24.2 Å². The molecule has 1 aromatic rings. The molecule has 2 unspecified atom stereocenters. The van der Waals surface area contributed by atoms with Gasteiger partial charge in [-0.15, -0.1) is 0 Å². The topological polar surface area (TPSA) is 49.4 Å². The summed E-state index contributed by atoms with van der Waals surface area (Å²) in [5, 5.41) is 3.88. The van der Waals surface area contributed by atoms with E-state index in [0.29, 0.717) is 24.0 Å². The number of nitrogens with one attached hydrogen (secondary N) is 1. The average Bonchev–Trinajstić information content (AvgIpc) is 2.89. The number of nitrogens with zero attached hydrogens (tertiary/aromatic N) is 1. The fourth-order valence-electron chi connectivity index (χ4n) is 3.13. The highest BCUT2D eigenvalue weighted by Gasteiger charge is 2.41. The van der Waals surface area contributed by atoms with Crippen LogP contribution in [0.4, 0.5) is 0 Å². The van der Waals surface area contributed by atoms with Gasteiger partial charge in [-0.25, -0.2) is 8.42 Å². The van der Waals surface area contributed by atoms with Crippen molar-refractivity contribution in [1.82, 2.24) is 9.62 Å². The molecule has 2 aliphatic heterocycles. The van der Waals surface area contributed by atoms with Crippen molar-refractivity contribution in [3.8, 4) is 0 Å². The number of benzene rings is 1. The number of halogens is 2. The molecule has 0 amide bonds. The molecule has 0 aromatic heterocycles. The number of piperidine rings is 1. The van der Waals surface area contributed by atoms with Gasteiger partial charge < -0.3 is 5.32 Å². The van der Waals surface area contributed by atoms with Crippen molar-refractivity contribution in [2.75, 3.05) is 19.6 Å². The van der Waals surface area contributed by atoms with E-state index < -0.39 is 10.0 Å². The standard InChI is InChI=1S/C13H16Cl2N2O2S/c14-10-3-4-11(15)13(6-10)20(18,19)17-5-1-2-9-7-16-8-12(9)17/h3-4,6,9,12,16H,1-2,5,7-8H2.